The molecule has 0 saturated heterocycles. The topological polar surface area (TPSA) is 67.2 Å². The molecule has 35 heavy (non-hydrogen) atoms. The number of rotatable bonds is 9. The number of halogens is 1. The number of benzene rings is 2. The molecule has 0 aliphatic heterocycles. The van der Waals surface area contributed by atoms with Crippen LogP contribution in [0.3, 0.4) is 0 Å². The third-order valence-electron chi connectivity index (χ3n) is 5.30. The Morgan fingerprint density at radius 1 is 1.06 bits per heavy atom. The summed E-state index contributed by atoms with van der Waals surface area (Å²) < 4.78 is 15.1. The number of hydrogen-bond donors (Lipinski definition) is 1. The standard InChI is InChI=1S/C27H27FN4O2S/c1-19(2)17-31(27(34)15-23-9-6-14-35-23)18-26(33)29-25-16-24(20-7-4-3-5-8-20)30-32(25)22-12-10-21(28)11-13-22/h3-14,16,19H,15,17-18H2,1-2H3,(H,29,33). The van der Waals surface area contributed by atoms with Gasteiger partial charge < -0.3 is 10.2 Å². The number of hydrogen-bond acceptors (Lipinski definition) is 4. The van der Waals surface area contributed by atoms with Gasteiger partial charge in [0.05, 0.1) is 24.3 Å². The Balaban J connectivity index is 1.57. The molecule has 0 atom stereocenters. The number of carbonyl (C=O) groups excluding carboxylic acids is 2. The van der Waals surface area contributed by atoms with Gasteiger partial charge in [-0.3, -0.25) is 9.59 Å². The maximum absolute atomic E-state index is 13.5. The summed E-state index contributed by atoms with van der Waals surface area (Å²) in [5.74, 6) is -0.120. The quantitative estimate of drug-likeness (QED) is 0.341. The fourth-order valence-corrected chi connectivity index (χ4v) is 4.42. The van der Waals surface area contributed by atoms with Crippen molar-refractivity contribution in [1.82, 2.24) is 14.7 Å². The highest BCUT2D eigenvalue weighted by Crippen LogP contribution is 2.25. The molecule has 0 bridgehead atoms. The maximum atomic E-state index is 13.5. The van der Waals surface area contributed by atoms with Crippen molar-refractivity contribution in [2.45, 2.75) is 20.3 Å². The van der Waals surface area contributed by atoms with E-state index in [2.05, 4.69) is 10.4 Å². The van der Waals surface area contributed by atoms with Gasteiger partial charge in [-0.05, 0) is 41.6 Å². The van der Waals surface area contributed by atoms with Crippen LogP contribution in [0, 0.1) is 11.7 Å². The molecule has 0 fully saturated rings. The van der Waals surface area contributed by atoms with Crippen molar-refractivity contribution in [3.05, 3.63) is 88.9 Å². The van der Waals surface area contributed by atoms with E-state index in [-0.39, 0.29) is 36.5 Å². The average Bonchev–Trinajstić information content (AvgIpc) is 3.49. The second-order valence-corrected chi connectivity index (χ2v) is 9.67. The lowest BCUT2D eigenvalue weighted by Crippen LogP contribution is -2.41. The van der Waals surface area contributed by atoms with E-state index in [9.17, 15) is 14.0 Å². The molecule has 0 spiro atoms. The van der Waals surface area contributed by atoms with Gasteiger partial charge in [0.25, 0.3) is 0 Å². The maximum Gasteiger partial charge on any atom is 0.245 e. The number of aromatic nitrogens is 2. The molecule has 0 aliphatic carbocycles. The Labute approximate surface area is 208 Å². The second kappa shape index (κ2) is 11.1. The van der Waals surface area contributed by atoms with Crippen LogP contribution in [0.4, 0.5) is 10.2 Å². The first-order chi connectivity index (χ1) is 16.9. The van der Waals surface area contributed by atoms with Crippen LogP contribution in [-0.2, 0) is 16.0 Å². The molecule has 2 amide bonds. The van der Waals surface area contributed by atoms with Crippen molar-refractivity contribution >= 4 is 29.0 Å². The zero-order chi connectivity index (χ0) is 24.8. The lowest BCUT2D eigenvalue weighted by molar-refractivity contribution is -0.134. The predicted molar refractivity (Wildman–Crippen MR) is 137 cm³/mol. The van der Waals surface area contributed by atoms with Gasteiger partial charge in [-0.1, -0.05) is 50.2 Å². The van der Waals surface area contributed by atoms with Gasteiger partial charge in [0.1, 0.15) is 11.6 Å². The van der Waals surface area contributed by atoms with Crippen LogP contribution in [0.15, 0.2) is 78.2 Å². The van der Waals surface area contributed by atoms with E-state index in [0.29, 0.717) is 23.7 Å². The lowest BCUT2D eigenvalue weighted by atomic mass is 10.1. The zero-order valence-corrected chi connectivity index (χ0v) is 20.5. The molecule has 4 aromatic rings. The Morgan fingerprint density at radius 2 is 1.80 bits per heavy atom. The highest BCUT2D eigenvalue weighted by molar-refractivity contribution is 7.10. The number of nitrogens with zero attached hydrogens (tertiary/aromatic N) is 3. The Morgan fingerprint density at radius 3 is 2.46 bits per heavy atom. The smallest absolute Gasteiger partial charge is 0.245 e. The summed E-state index contributed by atoms with van der Waals surface area (Å²) in [4.78, 5) is 28.6. The molecule has 2 aromatic carbocycles. The molecule has 0 aliphatic rings. The van der Waals surface area contributed by atoms with E-state index < -0.39 is 0 Å². The number of anilines is 1. The molecule has 0 saturated carbocycles. The van der Waals surface area contributed by atoms with Crippen LogP contribution in [-0.4, -0.2) is 39.6 Å². The second-order valence-electron chi connectivity index (χ2n) is 8.64. The van der Waals surface area contributed by atoms with Gasteiger partial charge in [-0.2, -0.15) is 5.10 Å². The number of thiophene rings is 1. The summed E-state index contributed by atoms with van der Waals surface area (Å²) in [5, 5.41) is 9.49. The monoisotopic (exact) mass is 490 g/mol. The number of carbonyl (C=O) groups is 2. The molecule has 8 heteroatoms. The van der Waals surface area contributed by atoms with Gasteiger partial charge in [0.15, 0.2) is 0 Å². The fraction of sp³-hybridized carbons (Fsp3) is 0.222. The van der Waals surface area contributed by atoms with Gasteiger partial charge in [0, 0.05) is 23.1 Å². The van der Waals surface area contributed by atoms with E-state index in [1.165, 1.54) is 23.5 Å². The van der Waals surface area contributed by atoms with Crippen molar-refractivity contribution in [1.29, 1.82) is 0 Å². The molecular formula is C27H27FN4O2S. The van der Waals surface area contributed by atoms with Gasteiger partial charge in [-0.25, -0.2) is 9.07 Å². The van der Waals surface area contributed by atoms with Crippen LogP contribution in [0.5, 0.6) is 0 Å². The summed E-state index contributed by atoms with van der Waals surface area (Å²) in [5.41, 5.74) is 2.16. The molecule has 1 N–H and O–H groups in total. The summed E-state index contributed by atoms with van der Waals surface area (Å²) in [6, 6.07) is 21.1. The Hall–Kier alpha value is -3.78. The van der Waals surface area contributed by atoms with Crippen molar-refractivity contribution in [3.63, 3.8) is 0 Å². The molecule has 2 heterocycles. The highest BCUT2D eigenvalue weighted by Gasteiger charge is 2.21. The minimum atomic E-state index is -0.358. The molecule has 180 valence electrons. The van der Waals surface area contributed by atoms with Crippen molar-refractivity contribution < 1.29 is 14.0 Å². The van der Waals surface area contributed by atoms with Crippen LogP contribution in [0.25, 0.3) is 16.9 Å². The zero-order valence-electron chi connectivity index (χ0n) is 19.6. The van der Waals surface area contributed by atoms with E-state index in [0.717, 1.165) is 10.4 Å². The van der Waals surface area contributed by atoms with Gasteiger partial charge in [0.2, 0.25) is 11.8 Å². The molecular weight excluding hydrogens is 463 g/mol. The molecule has 0 unspecified atom stereocenters. The van der Waals surface area contributed by atoms with Crippen molar-refractivity contribution in [2.75, 3.05) is 18.4 Å². The first-order valence-corrected chi connectivity index (χ1v) is 12.3. The third kappa shape index (κ3) is 6.42. The normalized spacial score (nSPS) is 11.0. The van der Waals surface area contributed by atoms with E-state index in [4.69, 9.17) is 0 Å². The molecule has 4 rings (SSSR count). The largest absolute Gasteiger partial charge is 0.333 e. The van der Waals surface area contributed by atoms with Crippen molar-refractivity contribution in [2.24, 2.45) is 5.92 Å². The van der Waals surface area contributed by atoms with E-state index in [1.807, 2.05) is 61.7 Å². The predicted octanol–water partition coefficient (Wildman–Crippen LogP) is 5.41. The van der Waals surface area contributed by atoms with Crippen molar-refractivity contribution in [3.8, 4) is 16.9 Å². The third-order valence-corrected chi connectivity index (χ3v) is 6.17. The minimum absolute atomic E-state index is 0.0718. The molecule has 0 radical (unpaired) electrons. The summed E-state index contributed by atoms with van der Waals surface area (Å²) in [6.07, 6.45) is 0.267. The SMILES string of the molecule is CC(C)CN(CC(=O)Nc1cc(-c2ccccc2)nn1-c1ccc(F)cc1)C(=O)Cc1cccs1. The minimum Gasteiger partial charge on any atom is -0.333 e. The van der Waals surface area contributed by atoms with Gasteiger partial charge in [-0.15, -0.1) is 11.3 Å². The van der Waals surface area contributed by atoms with E-state index in [1.54, 1.807) is 27.8 Å². The average molecular weight is 491 g/mol. The molecule has 2 aromatic heterocycles. The van der Waals surface area contributed by atoms with Crippen LogP contribution >= 0.6 is 11.3 Å². The number of amides is 2. The first kappa shape index (κ1) is 24.3. The summed E-state index contributed by atoms with van der Waals surface area (Å²) in [6.45, 7) is 4.43. The highest BCUT2D eigenvalue weighted by atomic mass is 32.1. The number of nitrogens with one attached hydrogen (secondary N) is 1. The Bertz CT molecular complexity index is 1270. The van der Waals surface area contributed by atoms with Gasteiger partial charge >= 0.3 is 0 Å². The molecule has 6 nitrogen and oxygen atoms in total. The van der Waals surface area contributed by atoms with Crippen LogP contribution < -0.4 is 5.32 Å². The summed E-state index contributed by atoms with van der Waals surface area (Å²) >= 11 is 1.52. The first-order valence-electron chi connectivity index (χ1n) is 11.4. The fourth-order valence-electron chi connectivity index (χ4n) is 3.72. The summed E-state index contributed by atoms with van der Waals surface area (Å²) in [7, 11) is 0. The van der Waals surface area contributed by atoms with E-state index >= 15 is 0 Å². The lowest BCUT2D eigenvalue weighted by Gasteiger charge is -2.24. The Kier molecular flexibility index (Phi) is 7.72. The van der Waals surface area contributed by atoms with Crippen LogP contribution in [0.2, 0.25) is 0 Å². The van der Waals surface area contributed by atoms with Crippen LogP contribution in [0.1, 0.15) is 18.7 Å².